The molecule has 1 heterocycles. The molecule has 106 valence electrons. The Kier molecular flexibility index (Phi) is 3.93. The molecule has 3 heteroatoms. The van der Waals surface area contributed by atoms with Crippen LogP contribution in [0.3, 0.4) is 0 Å². The number of rotatable bonds is 3. The molecule has 2 aromatic rings. The molecule has 0 atom stereocenters. The summed E-state index contributed by atoms with van der Waals surface area (Å²) in [5.74, 6) is 0.125. The zero-order valence-corrected chi connectivity index (χ0v) is 12.3. The van der Waals surface area contributed by atoms with Crippen LogP contribution in [0.1, 0.15) is 33.5 Å². The Labute approximate surface area is 125 Å². The van der Waals surface area contributed by atoms with E-state index in [-0.39, 0.29) is 12.7 Å². The molecular weight excluding hydrogens is 259 g/mol. The summed E-state index contributed by atoms with van der Waals surface area (Å²) in [6.45, 7) is 1.64. The van der Waals surface area contributed by atoms with Crippen LogP contribution in [0.2, 0.25) is 6.32 Å². The highest BCUT2D eigenvalue weighted by Crippen LogP contribution is 2.16. The summed E-state index contributed by atoms with van der Waals surface area (Å²) in [6, 6.07) is 13.8. The first-order chi connectivity index (χ1) is 10.1. The van der Waals surface area contributed by atoms with Crippen LogP contribution in [0, 0.1) is 6.92 Å². The summed E-state index contributed by atoms with van der Waals surface area (Å²) in [4.78, 5) is 12.3. The lowest BCUT2D eigenvalue weighted by Crippen LogP contribution is -2.36. The fourth-order valence-corrected chi connectivity index (χ4v) is 2.96. The van der Waals surface area contributed by atoms with Gasteiger partial charge in [-0.25, -0.2) is 0 Å². The van der Waals surface area contributed by atoms with Gasteiger partial charge in [-0.05, 0) is 30.7 Å². The lowest BCUT2D eigenvalue weighted by molar-refractivity contribution is 0.0993. The molecular formula is C18H19BO2. The first kappa shape index (κ1) is 14.1. The van der Waals surface area contributed by atoms with Crippen LogP contribution in [0.5, 0.6) is 0 Å². The van der Waals surface area contributed by atoms with Crippen molar-refractivity contribution in [2.45, 2.75) is 32.5 Å². The highest BCUT2D eigenvalue weighted by atomic mass is 16.2. The molecule has 1 aliphatic rings. The Bertz CT molecular complexity index is 661. The second-order valence-electron chi connectivity index (χ2n) is 5.91. The van der Waals surface area contributed by atoms with Gasteiger partial charge in [0.25, 0.3) is 0 Å². The van der Waals surface area contributed by atoms with Gasteiger partial charge in [0.2, 0.25) is 0 Å². The van der Waals surface area contributed by atoms with Gasteiger partial charge >= 0.3 is 6.92 Å². The number of benzene rings is 2. The molecule has 0 fully saturated rings. The van der Waals surface area contributed by atoms with Crippen molar-refractivity contribution in [3.05, 3.63) is 64.7 Å². The van der Waals surface area contributed by atoms with Crippen molar-refractivity contribution in [2.24, 2.45) is 0 Å². The topological polar surface area (TPSA) is 37.3 Å². The molecule has 0 bridgehead atoms. The fraction of sp³-hybridized carbons (Fsp3) is 0.278. The molecule has 0 aromatic heterocycles. The summed E-state index contributed by atoms with van der Waals surface area (Å²) in [6.07, 6.45) is 3.28. The summed E-state index contributed by atoms with van der Waals surface area (Å²) >= 11 is 0. The van der Waals surface area contributed by atoms with E-state index >= 15 is 0 Å². The summed E-state index contributed by atoms with van der Waals surface area (Å²) in [5, 5.41) is 10.1. The van der Waals surface area contributed by atoms with Crippen molar-refractivity contribution in [3.8, 4) is 0 Å². The van der Waals surface area contributed by atoms with Crippen LogP contribution >= 0.6 is 0 Å². The smallest absolute Gasteiger partial charge is 0.323 e. The summed E-state index contributed by atoms with van der Waals surface area (Å²) < 4.78 is 0. The molecule has 2 nitrogen and oxygen atoms in total. The number of aryl methyl sites for hydroxylation is 2. The number of hydrogen-bond acceptors (Lipinski definition) is 2. The zero-order valence-electron chi connectivity index (χ0n) is 12.3. The average molecular weight is 278 g/mol. The Balaban J connectivity index is 1.80. The number of Topliss-reactive ketones (excluding diaryl/α,β-unsaturated/α-hetero) is 1. The minimum Gasteiger partial charge on any atom is -0.446 e. The molecule has 2 aromatic carbocycles. The predicted molar refractivity (Wildman–Crippen MR) is 86.4 cm³/mol. The lowest BCUT2D eigenvalue weighted by Gasteiger charge is -2.19. The molecule has 0 amide bonds. The average Bonchev–Trinajstić information content (AvgIpc) is 2.49. The standard InChI is InChI=1S/C18H19BO2/c1-13-4-7-16(8-5-13)18(20)12-14-6-9-15-3-2-10-19(21)17(15)11-14/h4-9,11,21H,2-3,10,12H2,1H3. The highest BCUT2D eigenvalue weighted by molar-refractivity contribution is 6.67. The third kappa shape index (κ3) is 3.08. The quantitative estimate of drug-likeness (QED) is 0.692. The van der Waals surface area contributed by atoms with Gasteiger partial charge in [0.05, 0.1) is 0 Å². The maximum Gasteiger partial charge on any atom is 0.323 e. The molecule has 3 rings (SSSR count). The van der Waals surface area contributed by atoms with Gasteiger partial charge in [-0.1, -0.05) is 60.0 Å². The van der Waals surface area contributed by atoms with Gasteiger partial charge in [0, 0.05) is 12.0 Å². The summed E-state index contributed by atoms with van der Waals surface area (Å²) in [7, 11) is 0. The van der Waals surface area contributed by atoms with Crippen molar-refractivity contribution >= 4 is 18.2 Å². The van der Waals surface area contributed by atoms with E-state index in [1.54, 1.807) is 0 Å². The molecule has 1 N–H and O–H groups in total. The normalized spacial score (nSPS) is 13.9. The largest absolute Gasteiger partial charge is 0.446 e. The minimum absolute atomic E-state index is 0.125. The van der Waals surface area contributed by atoms with Crippen LogP contribution in [-0.4, -0.2) is 17.7 Å². The summed E-state index contributed by atoms with van der Waals surface area (Å²) in [5.41, 5.74) is 5.12. The van der Waals surface area contributed by atoms with Gasteiger partial charge in [0.1, 0.15) is 0 Å². The Morgan fingerprint density at radius 2 is 1.95 bits per heavy atom. The first-order valence-corrected chi connectivity index (χ1v) is 7.53. The van der Waals surface area contributed by atoms with E-state index in [0.717, 1.165) is 41.3 Å². The van der Waals surface area contributed by atoms with Crippen LogP contribution in [0.4, 0.5) is 0 Å². The van der Waals surface area contributed by atoms with Gasteiger partial charge < -0.3 is 5.02 Å². The number of fused-ring (bicyclic) bond motifs is 1. The number of ketones is 1. The van der Waals surface area contributed by atoms with Crippen LogP contribution in [0.25, 0.3) is 0 Å². The van der Waals surface area contributed by atoms with Crippen molar-refractivity contribution in [3.63, 3.8) is 0 Å². The van der Waals surface area contributed by atoms with E-state index in [1.807, 2.05) is 43.3 Å². The molecule has 0 unspecified atom stereocenters. The van der Waals surface area contributed by atoms with E-state index in [9.17, 15) is 9.82 Å². The van der Waals surface area contributed by atoms with E-state index in [0.29, 0.717) is 6.42 Å². The van der Waals surface area contributed by atoms with E-state index < -0.39 is 0 Å². The van der Waals surface area contributed by atoms with E-state index in [1.165, 1.54) is 5.56 Å². The Hall–Kier alpha value is -1.87. The van der Waals surface area contributed by atoms with Crippen LogP contribution in [0.15, 0.2) is 42.5 Å². The number of carbonyl (C=O) groups is 1. The first-order valence-electron chi connectivity index (χ1n) is 7.53. The van der Waals surface area contributed by atoms with Gasteiger partial charge in [-0.15, -0.1) is 0 Å². The van der Waals surface area contributed by atoms with Gasteiger partial charge in [-0.2, -0.15) is 0 Å². The third-order valence-corrected chi connectivity index (χ3v) is 4.23. The molecule has 0 aliphatic carbocycles. The lowest BCUT2D eigenvalue weighted by atomic mass is 9.53. The van der Waals surface area contributed by atoms with E-state index in [4.69, 9.17) is 0 Å². The van der Waals surface area contributed by atoms with Crippen molar-refractivity contribution in [1.29, 1.82) is 0 Å². The van der Waals surface area contributed by atoms with Crippen molar-refractivity contribution in [1.82, 2.24) is 0 Å². The zero-order chi connectivity index (χ0) is 14.8. The van der Waals surface area contributed by atoms with Crippen LogP contribution in [-0.2, 0) is 12.8 Å². The highest BCUT2D eigenvalue weighted by Gasteiger charge is 2.22. The monoisotopic (exact) mass is 278 g/mol. The van der Waals surface area contributed by atoms with Gasteiger partial charge in [0.15, 0.2) is 5.78 Å². The second-order valence-corrected chi connectivity index (χ2v) is 5.91. The SMILES string of the molecule is Cc1ccc(C(=O)Cc2ccc3c(c2)B(O)CCC3)cc1. The molecule has 0 spiro atoms. The molecule has 0 radical (unpaired) electrons. The number of hydrogen-bond donors (Lipinski definition) is 1. The number of carbonyl (C=O) groups excluding carboxylic acids is 1. The van der Waals surface area contributed by atoms with Crippen molar-refractivity contribution < 1.29 is 9.82 Å². The fourth-order valence-electron chi connectivity index (χ4n) is 2.96. The molecule has 21 heavy (non-hydrogen) atoms. The third-order valence-electron chi connectivity index (χ3n) is 4.23. The van der Waals surface area contributed by atoms with Crippen molar-refractivity contribution in [2.75, 3.05) is 0 Å². The van der Waals surface area contributed by atoms with Gasteiger partial charge in [-0.3, -0.25) is 4.79 Å². The molecule has 0 saturated carbocycles. The maximum absolute atomic E-state index is 12.3. The molecule has 0 saturated heterocycles. The maximum atomic E-state index is 12.3. The molecule has 1 aliphatic heterocycles. The second kappa shape index (κ2) is 5.86. The van der Waals surface area contributed by atoms with Crippen LogP contribution < -0.4 is 5.46 Å². The predicted octanol–water partition coefficient (Wildman–Crippen LogP) is 2.56. The Morgan fingerprint density at radius 1 is 1.19 bits per heavy atom. The Morgan fingerprint density at radius 3 is 2.71 bits per heavy atom. The van der Waals surface area contributed by atoms with E-state index in [2.05, 4.69) is 6.07 Å². The minimum atomic E-state index is -0.372.